The van der Waals surface area contributed by atoms with Gasteiger partial charge in [0.05, 0.1) is 4.90 Å². The van der Waals surface area contributed by atoms with Crippen molar-refractivity contribution < 1.29 is 18.3 Å². The van der Waals surface area contributed by atoms with Gasteiger partial charge in [-0.05, 0) is 45.6 Å². The van der Waals surface area contributed by atoms with Gasteiger partial charge >= 0.3 is 0 Å². The van der Waals surface area contributed by atoms with Gasteiger partial charge in [-0.3, -0.25) is 9.10 Å². The van der Waals surface area contributed by atoms with Gasteiger partial charge in [-0.25, -0.2) is 8.42 Å². The average Bonchev–Trinajstić information content (AvgIpc) is 2.53. The van der Waals surface area contributed by atoms with E-state index >= 15 is 0 Å². The molecule has 1 aliphatic rings. The largest absolute Gasteiger partial charge is 0.505 e. The number of hydrogen-bond acceptors (Lipinski definition) is 5. The minimum absolute atomic E-state index is 0.00691. The number of nitrogens with zero attached hydrogens (tertiary/aromatic N) is 2. The van der Waals surface area contributed by atoms with Crippen molar-refractivity contribution in [1.82, 2.24) is 14.5 Å². The van der Waals surface area contributed by atoms with Crippen molar-refractivity contribution in [3.63, 3.8) is 0 Å². The molecule has 0 aromatic heterocycles. The van der Waals surface area contributed by atoms with Gasteiger partial charge in [0.25, 0.3) is 15.9 Å². The van der Waals surface area contributed by atoms with Gasteiger partial charge < -0.3 is 15.3 Å². The Kier molecular flexibility index (Phi) is 5.51. The normalized spacial score (nSPS) is 16.2. The highest BCUT2D eigenvalue weighted by Gasteiger charge is 2.37. The Hall–Kier alpha value is -2.06. The van der Waals surface area contributed by atoms with Crippen LogP contribution in [-0.4, -0.2) is 62.9 Å². The first-order chi connectivity index (χ1) is 11.3. The summed E-state index contributed by atoms with van der Waals surface area (Å²) in [4.78, 5) is 14.4. The van der Waals surface area contributed by atoms with E-state index < -0.39 is 15.9 Å². The SMILES string of the molecule is CN(C)CCCCNC(=O)C1=C(O)c2ccccc2S(=O)(=O)N1C. The summed E-state index contributed by atoms with van der Waals surface area (Å²) < 4.78 is 25.9. The van der Waals surface area contributed by atoms with Crippen molar-refractivity contribution >= 4 is 21.7 Å². The molecule has 1 heterocycles. The van der Waals surface area contributed by atoms with E-state index in [-0.39, 0.29) is 21.9 Å². The third-order valence-electron chi connectivity index (χ3n) is 3.85. The second-order valence-corrected chi connectivity index (χ2v) is 7.87. The molecular formula is C16H23N3O4S. The molecule has 132 valence electrons. The number of aliphatic hydroxyl groups excluding tert-OH is 1. The second kappa shape index (κ2) is 7.23. The zero-order valence-electron chi connectivity index (χ0n) is 14.1. The van der Waals surface area contributed by atoms with Gasteiger partial charge in [-0.15, -0.1) is 0 Å². The molecule has 1 amide bonds. The van der Waals surface area contributed by atoms with E-state index in [0.29, 0.717) is 6.54 Å². The van der Waals surface area contributed by atoms with Crippen molar-refractivity contribution in [3.8, 4) is 0 Å². The summed E-state index contributed by atoms with van der Waals surface area (Å²) in [6, 6.07) is 6.09. The lowest BCUT2D eigenvalue weighted by atomic mass is 10.1. The van der Waals surface area contributed by atoms with E-state index in [9.17, 15) is 18.3 Å². The van der Waals surface area contributed by atoms with Gasteiger partial charge in [-0.2, -0.15) is 0 Å². The Labute approximate surface area is 142 Å². The van der Waals surface area contributed by atoms with E-state index in [0.717, 1.165) is 23.7 Å². The molecule has 1 aliphatic heterocycles. The third-order valence-corrected chi connectivity index (χ3v) is 5.67. The van der Waals surface area contributed by atoms with Crippen molar-refractivity contribution in [2.45, 2.75) is 17.7 Å². The summed E-state index contributed by atoms with van der Waals surface area (Å²) in [6.07, 6.45) is 1.68. The number of unbranched alkanes of at least 4 members (excludes halogenated alkanes) is 1. The summed E-state index contributed by atoms with van der Waals surface area (Å²) in [5.74, 6) is -0.924. The molecule has 24 heavy (non-hydrogen) atoms. The standard InChI is InChI=1S/C16H23N3O4S/c1-18(2)11-7-6-10-17-16(21)14-15(20)12-8-4-5-9-13(12)24(22,23)19(14)3/h4-5,8-9,20H,6-7,10-11H2,1-3H3,(H,17,21). The Morgan fingerprint density at radius 3 is 2.58 bits per heavy atom. The summed E-state index contributed by atoms with van der Waals surface area (Å²) in [7, 11) is 1.37. The number of hydrogen-bond donors (Lipinski definition) is 2. The Balaban J connectivity index is 2.18. The van der Waals surface area contributed by atoms with Gasteiger partial charge in [0.15, 0.2) is 11.5 Å². The number of aliphatic hydroxyl groups is 1. The molecule has 7 nitrogen and oxygen atoms in total. The first kappa shape index (κ1) is 18.3. The second-order valence-electron chi connectivity index (χ2n) is 5.93. The third kappa shape index (κ3) is 3.54. The highest BCUT2D eigenvalue weighted by atomic mass is 32.2. The summed E-state index contributed by atoms with van der Waals surface area (Å²) in [5, 5.41) is 13.0. The summed E-state index contributed by atoms with van der Waals surface area (Å²) in [5.41, 5.74) is -0.102. The van der Waals surface area contributed by atoms with E-state index in [1.54, 1.807) is 12.1 Å². The number of fused-ring (bicyclic) bond motifs is 1. The predicted molar refractivity (Wildman–Crippen MR) is 91.7 cm³/mol. The van der Waals surface area contributed by atoms with Crippen LogP contribution in [0.2, 0.25) is 0 Å². The molecule has 8 heteroatoms. The number of likely N-dealkylation sites (N-methyl/N-ethyl adjacent to an activating group) is 1. The molecule has 0 saturated carbocycles. The maximum Gasteiger partial charge on any atom is 0.272 e. The number of nitrogens with one attached hydrogen (secondary N) is 1. The topological polar surface area (TPSA) is 90.0 Å². The van der Waals surface area contributed by atoms with Crippen LogP contribution in [0.5, 0.6) is 0 Å². The van der Waals surface area contributed by atoms with Gasteiger partial charge in [-0.1, -0.05) is 12.1 Å². The fourth-order valence-corrected chi connectivity index (χ4v) is 3.92. The van der Waals surface area contributed by atoms with Crippen LogP contribution in [0.15, 0.2) is 34.9 Å². The van der Waals surface area contributed by atoms with E-state index in [4.69, 9.17) is 0 Å². The van der Waals surface area contributed by atoms with Crippen LogP contribution in [0.1, 0.15) is 18.4 Å². The predicted octanol–water partition coefficient (Wildman–Crippen LogP) is 1.01. The number of carbonyl (C=O) groups is 1. The molecule has 0 bridgehead atoms. The molecule has 0 radical (unpaired) electrons. The lowest BCUT2D eigenvalue weighted by Gasteiger charge is -2.28. The van der Waals surface area contributed by atoms with Crippen LogP contribution in [0.25, 0.3) is 5.76 Å². The van der Waals surface area contributed by atoms with Gasteiger partial charge in [0, 0.05) is 19.2 Å². The average molecular weight is 353 g/mol. The van der Waals surface area contributed by atoms with Gasteiger partial charge in [0.1, 0.15) is 0 Å². The first-order valence-corrected chi connectivity index (χ1v) is 9.15. The highest BCUT2D eigenvalue weighted by molar-refractivity contribution is 7.89. The maximum atomic E-state index is 12.5. The van der Waals surface area contributed by atoms with Gasteiger partial charge in [0.2, 0.25) is 0 Å². The van der Waals surface area contributed by atoms with E-state index in [1.165, 1.54) is 19.2 Å². The molecule has 2 N–H and O–H groups in total. The van der Waals surface area contributed by atoms with Crippen LogP contribution < -0.4 is 5.32 Å². The smallest absolute Gasteiger partial charge is 0.272 e. The number of sulfonamides is 1. The Bertz CT molecular complexity index is 756. The lowest BCUT2D eigenvalue weighted by molar-refractivity contribution is -0.118. The quantitative estimate of drug-likeness (QED) is 0.745. The van der Waals surface area contributed by atoms with Crippen LogP contribution in [0.4, 0.5) is 0 Å². The maximum absolute atomic E-state index is 12.5. The molecule has 0 fully saturated rings. The molecule has 0 spiro atoms. The van der Waals surface area contributed by atoms with Crippen molar-refractivity contribution in [3.05, 3.63) is 35.5 Å². The fourth-order valence-electron chi connectivity index (χ4n) is 2.52. The zero-order valence-corrected chi connectivity index (χ0v) is 14.9. The minimum atomic E-state index is -3.85. The minimum Gasteiger partial charge on any atom is -0.505 e. The van der Waals surface area contributed by atoms with Crippen LogP contribution in [0, 0.1) is 0 Å². The number of carbonyl (C=O) groups excluding carboxylic acids is 1. The fraction of sp³-hybridized carbons (Fsp3) is 0.438. The highest BCUT2D eigenvalue weighted by Crippen LogP contribution is 2.34. The Morgan fingerprint density at radius 1 is 1.25 bits per heavy atom. The molecule has 1 aromatic rings. The van der Waals surface area contributed by atoms with E-state index in [1.807, 2.05) is 14.1 Å². The van der Waals surface area contributed by atoms with Crippen molar-refractivity contribution in [2.75, 3.05) is 34.2 Å². The number of benzene rings is 1. The molecule has 2 rings (SSSR count). The molecule has 0 atom stereocenters. The van der Waals surface area contributed by atoms with Crippen molar-refractivity contribution in [2.24, 2.45) is 0 Å². The Morgan fingerprint density at radius 2 is 1.92 bits per heavy atom. The molecular weight excluding hydrogens is 330 g/mol. The zero-order chi connectivity index (χ0) is 17.9. The van der Waals surface area contributed by atoms with Crippen LogP contribution in [0.3, 0.4) is 0 Å². The first-order valence-electron chi connectivity index (χ1n) is 7.71. The van der Waals surface area contributed by atoms with Crippen molar-refractivity contribution in [1.29, 1.82) is 0 Å². The number of rotatable bonds is 6. The summed E-state index contributed by atoms with van der Waals surface area (Å²) >= 11 is 0. The number of amides is 1. The van der Waals surface area contributed by atoms with Crippen LogP contribution in [-0.2, 0) is 14.8 Å². The molecule has 1 aromatic carbocycles. The monoisotopic (exact) mass is 353 g/mol. The van der Waals surface area contributed by atoms with Crippen LogP contribution >= 0.6 is 0 Å². The molecule has 0 aliphatic carbocycles. The molecule has 0 unspecified atom stereocenters. The van der Waals surface area contributed by atoms with E-state index in [2.05, 4.69) is 10.2 Å². The summed E-state index contributed by atoms with van der Waals surface area (Å²) in [6.45, 7) is 1.32. The molecule has 0 saturated heterocycles. The lowest BCUT2D eigenvalue weighted by Crippen LogP contribution is -2.40.